The first kappa shape index (κ1) is 13.4. The molecule has 0 saturated carbocycles. The van der Waals surface area contributed by atoms with Gasteiger partial charge in [0.05, 0.1) is 13.2 Å². The molecule has 2 N–H and O–H groups in total. The van der Waals surface area contributed by atoms with Crippen LogP contribution in [0.1, 0.15) is 20.3 Å². The first-order valence-corrected chi connectivity index (χ1v) is 4.79. The van der Waals surface area contributed by atoms with Gasteiger partial charge in [-0.25, -0.2) is 5.48 Å². The standard InChI is InChI=1S/C9H20N2O3/c1-8(2)10-5-4-9(12)11-14-7-6-13-3/h8,10H,4-7H2,1-3H3,(H,11,12). The van der Waals surface area contributed by atoms with E-state index in [9.17, 15) is 4.79 Å². The third-order valence-electron chi connectivity index (χ3n) is 1.48. The van der Waals surface area contributed by atoms with Crippen LogP contribution in [0.3, 0.4) is 0 Å². The highest BCUT2D eigenvalue weighted by molar-refractivity contribution is 5.74. The molecule has 5 nitrogen and oxygen atoms in total. The second-order valence-corrected chi connectivity index (χ2v) is 3.23. The average Bonchev–Trinajstić information content (AvgIpc) is 2.12. The molecule has 1 amide bonds. The molecule has 0 spiro atoms. The summed E-state index contributed by atoms with van der Waals surface area (Å²) in [5, 5.41) is 3.14. The minimum Gasteiger partial charge on any atom is -0.382 e. The van der Waals surface area contributed by atoms with Crippen molar-refractivity contribution in [2.24, 2.45) is 0 Å². The highest BCUT2D eigenvalue weighted by Gasteiger charge is 2.00. The molecule has 0 bridgehead atoms. The summed E-state index contributed by atoms with van der Waals surface area (Å²) in [5.41, 5.74) is 2.33. The Kier molecular flexibility index (Phi) is 8.51. The molecule has 0 heterocycles. The van der Waals surface area contributed by atoms with E-state index in [4.69, 9.17) is 9.57 Å². The molecule has 14 heavy (non-hydrogen) atoms. The Bertz CT molecular complexity index is 151. The van der Waals surface area contributed by atoms with E-state index in [1.807, 2.05) is 13.8 Å². The van der Waals surface area contributed by atoms with Crippen molar-refractivity contribution in [3.63, 3.8) is 0 Å². The van der Waals surface area contributed by atoms with Crippen molar-refractivity contribution in [3.8, 4) is 0 Å². The predicted molar refractivity (Wildman–Crippen MR) is 53.7 cm³/mol. The summed E-state index contributed by atoms with van der Waals surface area (Å²) in [6.45, 7) is 5.58. The van der Waals surface area contributed by atoms with Crippen LogP contribution in [-0.2, 0) is 14.4 Å². The Balaban J connectivity index is 3.20. The van der Waals surface area contributed by atoms with Crippen LogP contribution in [0.4, 0.5) is 0 Å². The molecule has 0 unspecified atom stereocenters. The Morgan fingerprint density at radius 1 is 1.36 bits per heavy atom. The number of nitrogens with one attached hydrogen (secondary N) is 2. The molecule has 0 atom stereocenters. The Labute approximate surface area is 85.1 Å². The fourth-order valence-corrected chi connectivity index (χ4v) is 0.782. The number of methoxy groups -OCH3 is 1. The average molecular weight is 204 g/mol. The van der Waals surface area contributed by atoms with E-state index in [-0.39, 0.29) is 5.91 Å². The van der Waals surface area contributed by atoms with Gasteiger partial charge in [0.2, 0.25) is 5.91 Å². The predicted octanol–water partition coefficient (Wildman–Crippen LogP) is 0.0687. The molecule has 0 aliphatic heterocycles. The molecule has 0 saturated heterocycles. The molecule has 0 aromatic heterocycles. The van der Waals surface area contributed by atoms with Gasteiger partial charge < -0.3 is 10.1 Å². The van der Waals surface area contributed by atoms with Crippen LogP contribution < -0.4 is 10.8 Å². The lowest BCUT2D eigenvalue weighted by atomic mass is 10.3. The summed E-state index contributed by atoms with van der Waals surface area (Å²) in [7, 11) is 1.58. The summed E-state index contributed by atoms with van der Waals surface area (Å²) < 4.78 is 4.75. The van der Waals surface area contributed by atoms with Crippen LogP contribution in [-0.4, -0.2) is 38.8 Å². The molecule has 0 aliphatic carbocycles. The minimum absolute atomic E-state index is 0.116. The number of carbonyl (C=O) groups excluding carboxylic acids is 1. The monoisotopic (exact) mass is 204 g/mol. The van der Waals surface area contributed by atoms with Gasteiger partial charge in [0.1, 0.15) is 0 Å². The highest BCUT2D eigenvalue weighted by Crippen LogP contribution is 1.81. The zero-order chi connectivity index (χ0) is 10.8. The summed E-state index contributed by atoms with van der Waals surface area (Å²) in [6.07, 6.45) is 0.422. The number of hydroxylamine groups is 1. The minimum atomic E-state index is -0.116. The summed E-state index contributed by atoms with van der Waals surface area (Å²) in [6, 6.07) is 0.400. The molecular formula is C9H20N2O3. The maximum absolute atomic E-state index is 11.1. The van der Waals surface area contributed by atoms with Gasteiger partial charge in [0.25, 0.3) is 0 Å². The lowest BCUT2D eigenvalue weighted by Gasteiger charge is -2.08. The normalized spacial score (nSPS) is 10.6. The van der Waals surface area contributed by atoms with Gasteiger partial charge in [-0.1, -0.05) is 13.8 Å². The van der Waals surface area contributed by atoms with Gasteiger partial charge in [0, 0.05) is 26.1 Å². The van der Waals surface area contributed by atoms with E-state index in [2.05, 4.69) is 10.8 Å². The molecule has 0 radical (unpaired) electrons. The zero-order valence-electron chi connectivity index (χ0n) is 9.13. The van der Waals surface area contributed by atoms with Gasteiger partial charge in [-0.15, -0.1) is 0 Å². The second-order valence-electron chi connectivity index (χ2n) is 3.23. The van der Waals surface area contributed by atoms with Crippen molar-refractivity contribution < 1.29 is 14.4 Å². The van der Waals surface area contributed by atoms with Gasteiger partial charge in [-0.3, -0.25) is 9.63 Å². The topological polar surface area (TPSA) is 59.6 Å². The van der Waals surface area contributed by atoms with Crippen LogP contribution in [0.2, 0.25) is 0 Å². The fourth-order valence-electron chi connectivity index (χ4n) is 0.782. The largest absolute Gasteiger partial charge is 0.382 e. The molecule has 0 aromatic rings. The van der Waals surface area contributed by atoms with E-state index in [0.29, 0.717) is 32.2 Å². The first-order valence-electron chi connectivity index (χ1n) is 4.79. The zero-order valence-corrected chi connectivity index (χ0v) is 9.13. The van der Waals surface area contributed by atoms with E-state index in [1.165, 1.54) is 0 Å². The summed E-state index contributed by atoms with van der Waals surface area (Å²) in [4.78, 5) is 15.9. The van der Waals surface area contributed by atoms with Crippen LogP contribution >= 0.6 is 0 Å². The van der Waals surface area contributed by atoms with Crippen molar-refractivity contribution in [2.75, 3.05) is 26.9 Å². The number of hydrogen-bond donors (Lipinski definition) is 2. The van der Waals surface area contributed by atoms with Crippen LogP contribution in [0.15, 0.2) is 0 Å². The third-order valence-corrected chi connectivity index (χ3v) is 1.48. The maximum Gasteiger partial charge on any atom is 0.244 e. The van der Waals surface area contributed by atoms with Gasteiger partial charge in [-0.2, -0.15) is 0 Å². The van der Waals surface area contributed by atoms with Crippen LogP contribution in [0.25, 0.3) is 0 Å². The van der Waals surface area contributed by atoms with Crippen molar-refractivity contribution in [2.45, 2.75) is 26.3 Å². The molecule has 5 heteroatoms. The van der Waals surface area contributed by atoms with Gasteiger partial charge in [0.15, 0.2) is 0 Å². The van der Waals surface area contributed by atoms with Crippen LogP contribution in [0.5, 0.6) is 0 Å². The smallest absolute Gasteiger partial charge is 0.244 e. The first-order chi connectivity index (χ1) is 6.66. The SMILES string of the molecule is COCCONC(=O)CCNC(C)C. The van der Waals surface area contributed by atoms with E-state index in [0.717, 1.165) is 0 Å². The molecule has 0 aromatic carbocycles. The summed E-state index contributed by atoms with van der Waals surface area (Å²) >= 11 is 0. The number of amides is 1. The molecular weight excluding hydrogens is 184 g/mol. The van der Waals surface area contributed by atoms with Crippen molar-refractivity contribution >= 4 is 5.91 Å². The van der Waals surface area contributed by atoms with E-state index in [1.54, 1.807) is 7.11 Å². The lowest BCUT2D eigenvalue weighted by Crippen LogP contribution is -2.31. The number of ether oxygens (including phenoxy) is 1. The Morgan fingerprint density at radius 3 is 2.64 bits per heavy atom. The van der Waals surface area contributed by atoms with Crippen molar-refractivity contribution in [1.82, 2.24) is 10.8 Å². The number of carbonyl (C=O) groups is 1. The molecule has 84 valence electrons. The molecule has 0 fully saturated rings. The molecule has 0 rings (SSSR count). The van der Waals surface area contributed by atoms with E-state index >= 15 is 0 Å². The van der Waals surface area contributed by atoms with Gasteiger partial charge >= 0.3 is 0 Å². The fraction of sp³-hybridized carbons (Fsp3) is 0.889. The Morgan fingerprint density at radius 2 is 2.07 bits per heavy atom. The van der Waals surface area contributed by atoms with Crippen molar-refractivity contribution in [3.05, 3.63) is 0 Å². The third kappa shape index (κ3) is 9.44. The summed E-state index contributed by atoms with van der Waals surface area (Å²) in [5.74, 6) is -0.116. The maximum atomic E-state index is 11.1. The van der Waals surface area contributed by atoms with Crippen molar-refractivity contribution in [1.29, 1.82) is 0 Å². The van der Waals surface area contributed by atoms with E-state index < -0.39 is 0 Å². The number of hydrogen-bond acceptors (Lipinski definition) is 4. The highest BCUT2D eigenvalue weighted by atomic mass is 16.7. The lowest BCUT2D eigenvalue weighted by molar-refractivity contribution is -0.134. The van der Waals surface area contributed by atoms with Gasteiger partial charge in [-0.05, 0) is 0 Å². The number of rotatable bonds is 8. The Hall–Kier alpha value is -0.650. The van der Waals surface area contributed by atoms with Crippen LogP contribution in [0, 0.1) is 0 Å². The molecule has 0 aliphatic rings. The quantitative estimate of drug-likeness (QED) is 0.434. The second kappa shape index (κ2) is 8.93.